The number of benzene rings is 2. The van der Waals surface area contributed by atoms with Gasteiger partial charge in [-0.2, -0.15) is 0 Å². The molecule has 21 heavy (non-hydrogen) atoms. The number of ether oxygens (including phenoxy) is 2. The smallest absolute Gasteiger partial charge is 0.161 e. The first kappa shape index (κ1) is 13.0. The number of fused-ring (bicyclic) bond motifs is 2. The maximum atomic E-state index is 5.70. The molecule has 1 aromatic heterocycles. The Balaban J connectivity index is 1.94. The molecule has 1 aliphatic rings. The highest BCUT2D eigenvalue weighted by atomic mass is 127. The molecule has 106 valence electrons. The Morgan fingerprint density at radius 2 is 1.86 bits per heavy atom. The van der Waals surface area contributed by atoms with E-state index in [4.69, 9.17) is 9.47 Å². The van der Waals surface area contributed by atoms with Crippen LogP contribution in [0.2, 0.25) is 0 Å². The monoisotopic (exact) mass is 391 g/mol. The summed E-state index contributed by atoms with van der Waals surface area (Å²) >= 11 is 2.38. The van der Waals surface area contributed by atoms with E-state index in [0.29, 0.717) is 13.2 Å². The predicted octanol–water partition coefficient (Wildman–Crippen LogP) is 4.22. The lowest BCUT2D eigenvalue weighted by Crippen LogP contribution is -2.15. The minimum absolute atomic E-state index is 0.614. The lowest BCUT2D eigenvalue weighted by Gasteiger charge is -2.19. The van der Waals surface area contributed by atoms with Crippen molar-refractivity contribution in [3.8, 4) is 22.6 Å². The zero-order chi connectivity index (χ0) is 14.4. The molecule has 0 radical (unpaired) electrons. The summed E-state index contributed by atoms with van der Waals surface area (Å²) in [6.45, 7) is 1.24. The molecule has 0 saturated heterocycles. The third-order valence-corrected chi connectivity index (χ3v) is 4.67. The topological polar surface area (TPSA) is 23.4 Å². The highest BCUT2D eigenvalue weighted by Crippen LogP contribution is 2.37. The second-order valence-corrected chi connectivity index (χ2v) is 6.31. The molecule has 3 aromatic rings. The number of hydrogen-bond donors (Lipinski definition) is 0. The fraction of sp³-hybridized carbons (Fsp3) is 0.176. The first-order chi connectivity index (χ1) is 10.2. The summed E-state index contributed by atoms with van der Waals surface area (Å²) in [5.41, 5.74) is 3.62. The van der Waals surface area contributed by atoms with Gasteiger partial charge in [-0.15, -0.1) is 0 Å². The number of aromatic nitrogens is 1. The van der Waals surface area contributed by atoms with E-state index < -0.39 is 0 Å². The van der Waals surface area contributed by atoms with Crippen LogP contribution < -0.4 is 9.47 Å². The van der Waals surface area contributed by atoms with Gasteiger partial charge in [0.1, 0.15) is 13.2 Å². The standard InChI is InChI=1S/C17H14INO2/c1-19-10-14(18)13-4-2-3-12(17(13)19)11-5-6-15-16(9-11)21-8-7-20-15/h2-6,9-10H,7-8H2,1H3. The van der Waals surface area contributed by atoms with Crippen molar-refractivity contribution >= 4 is 33.5 Å². The largest absolute Gasteiger partial charge is 0.486 e. The van der Waals surface area contributed by atoms with Crippen molar-refractivity contribution in [1.29, 1.82) is 0 Å². The van der Waals surface area contributed by atoms with E-state index in [1.165, 1.54) is 20.0 Å². The summed E-state index contributed by atoms with van der Waals surface area (Å²) in [5.74, 6) is 1.67. The van der Waals surface area contributed by atoms with Crippen LogP contribution >= 0.6 is 22.6 Å². The Morgan fingerprint density at radius 1 is 1.05 bits per heavy atom. The lowest BCUT2D eigenvalue weighted by atomic mass is 10.0. The molecule has 0 amide bonds. The minimum Gasteiger partial charge on any atom is -0.486 e. The number of hydrogen-bond acceptors (Lipinski definition) is 2. The number of aryl methyl sites for hydroxylation is 1. The second-order valence-electron chi connectivity index (χ2n) is 5.15. The van der Waals surface area contributed by atoms with Crippen LogP contribution in [0.5, 0.6) is 11.5 Å². The summed E-state index contributed by atoms with van der Waals surface area (Å²) in [6.07, 6.45) is 2.16. The maximum Gasteiger partial charge on any atom is 0.161 e. The average Bonchev–Trinajstić information content (AvgIpc) is 2.82. The zero-order valence-electron chi connectivity index (χ0n) is 11.6. The van der Waals surface area contributed by atoms with Crippen molar-refractivity contribution in [3.05, 3.63) is 46.2 Å². The Bertz CT molecular complexity index is 838. The Labute approximate surface area is 136 Å². The summed E-state index contributed by atoms with van der Waals surface area (Å²) in [6, 6.07) is 12.6. The van der Waals surface area contributed by atoms with E-state index in [1.807, 2.05) is 6.07 Å². The molecule has 0 aliphatic carbocycles. The van der Waals surface area contributed by atoms with E-state index in [9.17, 15) is 0 Å². The molecule has 4 rings (SSSR count). The molecule has 0 N–H and O–H groups in total. The first-order valence-electron chi connectivity index (χ1n) is 6.87. The summed E-state index contributed by atoms with van der Waals surface area (Å²) in [4.78, 5) is 0. The van der Waals surface area contributed by atoms with Gasteiger partial charge in [0.25, 0.3) is 0 Å². The van der Waals surface area contributed by atoms with Crippen LogP contribution in [-0.2, 0) is 7.05 Å². The van der Waals surface area contributed by atoms with Crippen molar-refractivity contribution in [2.24, 2.45) is 7.05 Å². The van der Waals surface area contributed by atoms with E-state index in [-0.39, 0.29) is 0 Å². The van der Waals surface area contributed by atoms with Crippen LogP contribution in [-0.4, -0.2) is 17.8 Å². The molecule has 0 unspecified atom stereocenters. The second kappa shape index (κ2) is 4.94. The Kier molecular flexibility index (Phi) is 3.06. The van der Waals surface area contributed by atoms with E-state index in [2.05, 4.69) is 70.7 Å². The van der Waals surface area contributed by atoms with Crippen LogP contribution in [0.25, 0.3) is 22.0 Å². The average molecular weight is 391 g/mol. The normalized spacial score (nSPS) is 13.6. The third-order valence-electron chi connectivity index (χ3n) is 3.81. The third kappa shape index (κ3) is 2.09. The lowest BCUT2D eigenvalue weighted by molar-refractivity contribution is 0.171. The highest BCUT2D eigenvalue weighted by Gasteiger charge is 2.15. The van der Waals surface area contributed by atoms with Crippen molar-refractivity contribution < 1.29 is 9.47 Å². The summed E-state index contributed by atoms with van der Waals surface area (Å²) in [5, 5.41) is 1.28. The molecule has 2 heterocycles. The number of nitrogens with zero attached hydrogens (tertiary/aromatic N) is 1. The van der Waals surface area contributed by atoms with Gasteiger partial charge >= 0.3 is 0 Å². The van der Waals surface area contributed by atoms with Crippen molar-refractivity contribution in [2.45, 2.75) is 0 Å². The zero-order valence-corrected chi connectivity index (χ0v) is 13.8. The fourth-order valence-electron chi connectivity index (χ4n) is 2.86. The molecule has 4 heteroatoms. The van der Waals surface area contributed by atoms with E-state index >= 15 is 0 Å². The summed E-state index contributed by atoms with van der Waals surface area (Å²) in [7, 11) is 2.09. The molecule has 0 bridgehead atoms. The van der Waals surface area contributed by atoms with Gasteiger partial charge in [0.2, 0.25) is 0 Å². The molecule has 0 spiro atoms. The van der Waals surface area contributed by atoms with Gasteiger partial charge in [-0.3, -0.25) is 0 Å². The Hall–Kier alpha value is -1.69. The fourth-order valence-corrected chi connectivity index (χ4v) is 3.72. The Morgan fingerprint density at radius 3 is 2.71 bits per heavy atom. The van der Waals surface area contributed by atoms with Gasteiger partial charge in [-0.05, 0) is 40.3 Å². The van der Waals surface area contributed by atoms with Crippen LogP contribution in [0.4, 0.5) is 0 Å². The van der Waals surface area contributed by atoms with Crippen LogP contribution in [0, 0.1) is 3.57 Å². The van der Waals surface area contributed by atoms with Gasteiger partial charge in [0, 0.05) is 27.8 Å². The van der Waals surface area contributed by atoms with Crippen molar-refractivity contribution in [1.82, 2.24) is 4.57 Å². The molecule has 1 aliphatic heterocycles. The van der Waals surface area contributed by atoms with E-state index in [1.54, 1.807) is 0 Å². The molecule has 3 nitrogen and oxygen atoms in total. The molecular formula is C17H14INO2. The quantitative estimate of drug-likeness (QED) is 0.580. The SMILES string of the molecule is Cn1cc(I)c2cccc(-c3ccc4c(c3)OCCO4)c21. The number of rotatable bonds is 1. The summed E-state index contributed by atoms with van der Waals surface area (Å²) < 4.78 is 14.7. The molecule has 0 saturated carbocycles. The predicted molar refractivity (Wildman–Crippen MR) is 92.1 cm³/mol. The molecular weight excluding hydrogens is 377 g/mol. The van der Waals surface area contributed by atoms with Gasteiger partial charge in [0.15, 0.2) is 11.5 Å². The first-order valence-corrected chi connectivity index (χ1v) is 7.95. The highest BCUT2D eigenvalue weighted by molar-refractivity contribution is 14.1. The van der Waals surface area contributed by atoms with Gasteiger partial charge in [-0.25, -0.2) is 0 Å². The van der Waals surface area contributed by atoms with Crippen LogP contribution in [0.1, 0.15) is 0 Å². The minimum atomic E-state index is 0.614. The molecule has 0 fully saturated rings. The van der Waals surface area contributed by atoms with Crippen molar-refractivity contribution in [2.75, 3.05) is 13.2 Å². The molecule has 0 atom stereocenters. The van der Waals surface area contributed by atoms with Gasteiger partial charge in [0.05, 0.1) is 5.52 Å². The van der Waals surface area contributed by atoms with Gasteiger partial charge in [-0.1, -0.05) is 24.3 Å². The van der Waals surface area contributed by atoms with E-state index in [0.717, 1.165) is 17.1 Å². The maximum absolute atomic E-state index is 5.70. The van der Waals surface area contributed by atoms with Crippen LogP contribution in [0.3, 0.4) is 0 Å². The number of para-hydroxylation sites is 1. The van der Waals surface area contributed by atoms with Crippen molar-refractivity contribution in [3.63, 3.8) is 0 Å². The number of halogens is 1. The van der Waals surface area contributed by atoms with Gasteiger partial charge < -0.3 is 14.0 Å². The molecule has 2 aromatic carbocycles. The van der Waals surface area contributed by atoms with Crippen LogP contribution in [0.15, 0.2) is 42.6 Å².